The Labute approximate surface area is 126 Å². The average Bonchev–Trinajstić information content (AvgIpc) is 2.90. The lowest BCUT2D eigenvalue weighted by molar-refractivity contribution is -0.121. The second-order valence-corrected chi connectivity index (χ2v) is 5.63. The predicted octanol–water partition coefficient (Wildman–Crippen LogP) is 1.70. The summed E-state index contributed by atoms with van der Waals surface area (Å²) < 4.78 is 5.51. The van der Waals surface area contributed by atoms with Crippen LogP contribution in [0.3, 0.4) is 0 Å². The Morgan fingerprint density at radius 2 is 1.95 bits per heavy atom. The van der Waals surface area contributed by atoms with Gasteiger partial charge in [0.25, 0.3) is 0 Å². The molecule has 120 valence electrons. The summed E-state index contributed by atoms with van der Waals surface area (Å²) in [5, 5.41) is 16.9. The van der Waals surface area contributed by atoms with E-state index in [0.717, 1.165) is 13.0 Å². The normalized spacial score (nSPS) is 14.0. The van der Waals surface area contributed by atoms with Crippen LogP contribution in [-0.4, -0.2) is 35.2 Å². The van der Waals surface area contributed by atoms with Crippen molar-refractivity contribution in [3.05, 3.63) is 5.89 Å². The smallest absolute Gasteiger partial charge is 0.316 e. The Kier molecular flexibility index (Phi) is 7.14. The fourth-order valence-electron chi connectivity index (χ4n) is 1.62. The first-order valence-electron chi connectivity index (χ1n) is 7.55. The zero-order valence-corrected chi connectivity index (χ0v) is 13.6. The van der Waals surface area contributed by atoms with Crippen molar-refractivity contribution in [1.82, 2.24) is 20.8 Å². The molecule has 0 saturated heterocycles. The molecule has 7 nitrogen and oxygen atoms in total. The van der Waals surface area contributed by atoms with Crippen LogP contribution in [0, 0.1) is 5.92 Å². The highest BCUT2D eigenvalue weighted by Crippen LogP contribution is 2.14. The van der Waals surface area contributed by atoms with Crippen LogP contribution in [0.1, 0.15) is 53.0 Å². The number of anilines is 1. The first-order chi connectivity index (χ1) is 9.93. The summed E-state index contributed by atoms with van der Waals surface area (Å²) in [5.74, 6) is 0.850. The highest BCUT2D eigenvalue weighted by molar-refractivity contribution is 5.83. The highest BCUT2D eigenvalue weighted by Gasteiger charge is 2.17. The van der Waals surface area contributed by atoms with Gasteiger partial charge in [0.2, 0.25) is 11.8 Å². The zero-order valence-electron chi connectivity index (χ0n) is 13.6. The predicted molar refractivity (Wildman–Crippen MR) is 81.9 cm³/mol. The molecule has 0 spiro atoms. The summed E-state index contributed by atoms with van der Waals surface area (Å²) in [6.07, 6.45) is 1.04. The van der Waals surface area contributed by atoms with Crippen LogP contribution >= 0.6 is 0 Å². The Bertz CT molecular complexity index is 433. The number of aromatic nitrogens is 2. The van der Waals surface area contributed by atoms with Gasteiger partial charge in [-0.05, 0) is 32.7 Å². The molecule has 0 radical (unpaired) electrons. The summed E-state index contributed by atoms with van der Waals surface area (Å²) in [6.45, 7) is 11.5. The minimum absolute atomic E-state index is 0.00178. The third kappa shape index (κ3) is 6.12. The minimum Gasteiger partial charge on any atom is -0.406 e. The topological polar surface area (TPSA) is 92.1 Å². The largest absolute Gasteiger partial charge is 0.406 e. The van der Waals surface area contributed by atoms with Crippen molar-refractivity contribution in [3.8, 4) is 0 Å². The third-order valence-electron chi connectivity index (χ3n) is 2.93. The van der Waals surface area contributed by atoms with Gasteiger partial charge in [-0.2, -0.15) is 0 Å². The Hall–Kier alpha value is -1.63. The molecule has 1 amide bonds. The van der Waals surface area contributed by atoms with Gasteiger partial charge in [0.1, 0.15) is 6.04 Å². The van der Waals surface area contributed by atoms with Crippen LogP contribution < -0.4 is 16.0 Å². The number of nitrogens with one attached hydrogen (secondary N) is 3. The lowest BCUT2D eigenvalue weighted by Gasteiger charge is -2.13. The SMILES string of the molecule is CCCNC(C)c1nnc(NC(C)C(=O)NCC(C)C)o1. The maximum absolute atomic E-state index is 11.9. The van der Waals surface area contributed by atoms with Crippen molar-refractivity contribution in [2.24, 2.45) is 5.92 Å². The van der Waals surface area contributed by atoms with E-state index >= 15 is 0 Å². The van der Waals surface area contributed by atoms with E-state index in [1.54, 1.807) is 6.92 Å². The lowest BCUT2D eigenvalue weighted by atomic mass is 10.2. The van der Waals surface area contributed by atoms with Gasteiger partial charge < -0.3 is 20.4 Å². The van der Waals surface area contributed by atoms with E-state index in [1.807, 2.05) is 20.8 Å². The molecule has 21 heavy (non-hydrogen) atoms. The molecule has 1 heterocycles. The standard InChI is InChI=1S/C14H27N5O2/c1-6-7-15-11(5)13-18-19-14(21-13)17-10(4)12(20)16-8-9(2)3/h9-11,15H,6-8H2,1-5H3,(H,16,20)(H,17,19). The molecule has 0 aliphatic rings. The molecule has 0 fully saturated rings. The van der Waals surface area contributed by atoms with E-state index in [-0.39, 0.29) is 18.0 Å². The monoisotopic (exact) mass is 297 g/mol. The number of rotatable bonds is 9. The van der Waals surface area contributed by atoms with E-state index in [2.05, 4.69) is 33.1 Å². The number of carbonyl (C=O) groups excluding carboxylic acids is 1. The highest BCUT2D eigenvalue weighted by atomic mass is 16.4. The van der Waals surface area contributed by atoms with Crippen LogP contribution in [0.5, 0.6) is 0 Å². The van der Waals surface area contributed by atoms with Crippen molar-refractivity contribution >= 4 is 11.9 Å². The minimum atomic E-state index is -0.420. The Balaban J connectivity index is 2.48. The first-order valence-corrected chi connectivity index (χ1v) is 7.55. The maximum atomic E-state index is 11.9. The van der Waals surface area contributed by atoms with E-state index in [9.17, 15) is 4.79 Å². The number of nitrogens with zero attached hydrogens (tertiary/aromatic N) is 2. The fraction of sp³-hybridized carbons (Fsp3) is 0.786. The second-order valence-electron chi connectivity index (χ2n) is 5.63. The van der Waals surface area contributed by atoms with E-state index < -0.39 is 6.04 Å². The number of hydrogen-bond donors (Lipinski definition) is 3. The van der Waals surface area contributed by atoms with Crippen LogP contribution in [0.4, 0.5) is 6.01 Å². The molecule has 2 unspecified atom stereocenters. The number of hydrogen-bond acceptors (Lipinski definition) is 6. The quantitative estimate of drug-likeness (QED) is 0.642. The van der Waals surface area contributed by atoms with E-state index in [0.29, 0.717) is 18.4 Å². The van der Waals surface area contributed by atoms with Gasteiger partial charge in [-0.25, -0.2) is 0 Å². The molecule has 1 aromatic heterocycles. The van der Waals surface area contributed by atoms with Crippen molar-refractivity contribution < 1.29 is 9.21 Å². The molecule has 1 rings (SSSR count). The molecule has 0 saturated carbocycles. The van der Waals surface area contributed by atoms with Gasteiger partial charge in [0.05, 0.1) is 6.04 Å². The van der Waals surface area contributed by atoms with Crippen molar-refractivity contribution in [2.45, 2.75) is 53.1 Å². The van der Waals surface area contributed by atoms with Gasteiger partial charge in [0, 0.05) is 6.54 Å². The summed E-state index contributed by atoms with van der Waals surface area (Å²) >= 11 is 0. The molecular formula is C14H27N5O2. The molecule has 0 aliphatic heterocycles. The molecule has 1 aromatic rings. The molecule has 7 heteroatoms. The van der Waals surface area contributed by atoms with Gasteiger partial charge in [0.15, 0.2) is 0 Å². The van der Waals surface area contributed by atoms with Crippen LogP contribution in [0.15, 0.2) is 4.42 Å². The van der Waals surface area contributed by atoms with E-state index in [4.69, 9.17) is 4.42 Å². The molecule has 0 bridgehead atoms. The average molecular weight is 297 g/mol. The zero-order chi connectivity index (χ0) is 15.8. The second kappa shape index (κ2) is 8.61. The van der Waals surface area contributed by atoms with E-state index in [1.165, 1.54) is 0 Å². The molecule has 0 aromatic carbocycles. The Morgan fingerprint density at radius 3 is 2.57 bits per heavy atom. The summed E-state index contributed by atoms with van der Waals surface area (Å²) in [5.41, 5.74) is 0. The summed E-state index contributed by atoms with van der Waals surface area (Å²) in [7, 11) is 0. The van der Waals surface area contributed by atoms with Crippen LogP contribution in [0.2, 0.25) is 0 Å². The van der Waals surface area contributed by atoms with Crippen LogP contribution in [0.25, 0.3) is 0 Å². The van der Waals surface area contributed by atoms with Gasteiger partial charge in [-0.3, -0.25) is 4.79 Å². The summed E-state index contributed by atoms with van der Waals surface area (Å²) in [4.78, 5) is 11.9. The van der Waals surface area contributed by atoms with Crippen LogP contribution in [-0.2, 0) is 4.79 Å². The molecule has 2 atom stereocenters. The molecule has 0 aliphatic carbocycles. The van der Waals surface area contributed by atoms with Gasteiger partial charge >= 0.3 is 6.01 Å². The first kappa shape index (κ1) is 17.4. The number of carbonyl (C=O) groups is 1. The number of amides is 1. The summed E-state index contributed by atoms with van der Waals surface area (Å²) in [6, 6.07) is -0.156. The fourth-order valence-corrected chi connectivity index (χ4v) is 1.62. The van der Waals surface area contributed by atoms with Crippen molar-refractivity contribution in [2.75, 3.05) is 18.4 Å². The molecule has 3 N–H and O–H groups in total. The third-order valence-corrected chi connectivity index (χ3v) is 2.93. The maximum Gasteiger partial charge on any atom is 0.316 e. The Morgan fingerprint density at radius 1 is 1.24 bits per heavy atom. The van der Waals surface area contributed by atoms with Gasteiger partial charge in [-0.1, -0.05) is 25.9 Å². The van der Waals surface area contributed by atoms with Gasteiger partial charge in [-0.15, -0.1) is 5.10 Å². The molecular weight excluding hydrogens is 270 g/mol. The lowest BCUT2D eigenvalue weighted by Crippen LogP contribution is -2.39. The van der Waals surface area contributed by atoms with Crippen molar-refractivity contribution in [3.63, 3.8) is 0 Å². The van der Waals surface area contributed by atoms with Crippen molar-refractivity contribution in [1.29, 1.82) is 0 Å².